The van der Waals surface area contributed by atoms with Gasteiger partial charge in [-0.3, -0.25) is 10.1 Å². The predicted molar refractivity (Wildman–Crippen MR) is 89.1 cm³/mol. The van der Waals surface area contributed by atoms with Crippen LogP contribution in [0.15, 0.2) is 22.7 Å². The molecule has 0 spiro atoms. The second-order valence-electron chi connectivity index (χ2n) is 5.76. The van der Waals surface area contributed by atoms with E-state index in [9.17, 15) is 14.9 Å². The molecule has 2 rings (SSSR count). The summed E-state index contributed by atoms with van der Waals surface area (Å²) in [5.41, 5.74) is 2.85. The van der Waals surface area contributed by atoms with E-state index in [0.717, 1.165) is 22.6 Å². The van der Waals surface area contributed by atoms with Crippen molar-refractivity contribution in [1.82, 2.24) is 10.5 Å². The van der Waals surface area contributed by atoms with Crippen LogP contribution < -0.4 is 10.6 Å². The number of amides is 2. The average molecular weight is 332 g/mol. The number of nitro benzene ring substituents is 1. The lowest BCUT2D eigenvalue weighted by molar-refractivity contribution is -0.384. The Bertz CT molecular complexity index is 750. The Hall–Kier alpha value is -2.90. The number of aryl methyl sites for hydroxylation is 3. The van der Waals surface area contributed by atoms with Gasteiger partial charge in [0.25, 0.3) is 5.69 Å². The van der Waals surface area contributed by atoms with E-state index in [0.29, 0.717) is 12.1 Å². The standard InChI is InChI=1S/C16H20N4O4/c1-9-5-6-13(20(22)23)8-15(9)18-16(21)17-10(2)7-14-11(3)19-24-12(14)4/h5-6,8,10H,7H2,1-4H3,(H2,17,18,21)/t10-/m1/s1. The number of rotatable bonds is 5. The molecule has 0 aliphatic heterocycles. The molecule has 0 saturated carbocycles. The van der Waals surface area contributed by atoms with Gasteiger partial charge in [-0.05, 0) is 39.7 Å². The van der Waals surface area contributed by atoms with Gasteiger partial charge >= 0.3 is 6.03 Å². The maximum absolute atomic E-state index is 12.1. The zero-order valence-electron chi connectivity index (χ0n) is 14.0. The van der Waals surface area contributed by atoms with Crippen molar-refractivity contribution in [3.8, 4) is 0 Å². The van der Waals surface area contributed by atoms with E-state index in [-0.39, 0.29) is 11.7 Å². The molecule has 0 bridgehead atoms. The lowest BCUT2D eigenvalue weighted by Gasteiger charge is -2.15. The van der Waals surface area contributed by atoms with Crippen molar-refractivity contribution in [2.75, 3.05) is 5.32 Å². The number of hydrogen-bond donors (Lipinski definition) is 2. The third-order valence-corrected chi connectivity index (χ3v) is 3.75. The summed E-state index contributed by atoms with van der Waals surface area (Å²) in [5, 5.41) is 20.2. The molecular weight excluding hydrogens is 312 g/mol. The zero-order valence-corrected chi connectivity index (χ0v) is 14.0. The fraction of sp³-hybridized carbons (Fsp3) is 0.375. The molecule has 8 heteroatoms. The second kappa shape index (κ2) is 7.12. The Kier molecular flexibility index (Phi) is 5.18. The highest BCUT2D eigenvalue weighted by Crippen LogP contribution is 2.21. The van der Waals surface area contributed by atoms with Crippen LogP contribution in [0.5, 0.6) is 0 Å². The highest BCUT2D eigenvalue weighted by molar-refractivity contribution is 5.90. The summed E-state index contributed by atoms with van der Waals surface area (Å²) in [6, 6.07) is 3.77. The summed E-state index contributed by atoms with van der Waals surface area (Å²) < 4.78 is 5.11. The van der Waals surface area contributed by atoms with Gasteiger partial charge < -0.3 is 15.2 Å². The van der Waals surface area contributed by atoms with Crippen LogP contribution in [0.2, 0.25) is 0 Å². The van der Waals surface area contributed by atoms with E-state index in [4.69, 9.17) is 4.52 Å². The number of nitrogens with one attached hydrogen (secondary N) is 2. The SMILES string of the molecule is Cc1ccc([N+](=O)[O-])cc1NC(=O)N[C@H](C)Cc1c(C)noc1C. The number of nitro groups is 1. The molecule has 128 valence electrons. The van der Waals surface area contributed by atoms with Crippen LogP contribution in [0.3, 0.4) is 0 Å². The van der Waals surface area contributed by atoms with Gasteiger partial charge in [0, 0.05) is 23.7 Å². The zero-order chi connectivity index (χ0) is 17.9. The Balaban J connectivity index is 2.00. The molecule has 2 aromatic rings. The normalized spacial score (nSPS) is 11.8. The monoisotopic (exact) mass is 332 g/mol. The lowest BCUT2D eigenvalue weighted by Crippen LogP contribution is -2.37. The summed E-state index contributed by atoms with van der Waals surface area (Å²) in [7, 11) is 0. The number of urea groups is 1. The van der Waals surface area contributed by atoms with Crippen molar-refractivity contribution in [1.29, 1.82) is 0 Å². The minimum atomic E-state index is -0.497. The maximum Gasteiger partial charge on any atom is 0.319 e. The van der Waals surface area contributed by atoms with Gasteiger partial charge in [-0.25, -0.2) is 4.79 Å². The van der Waals surface area contributed by atoms with Gasteiger partial charge in [-0.15, -0.1) is 0 Å². The van der Waals surface area contributed by atoms with E-state index in [2.05, 4.69) is 15.8 Å². The summed E-state index contributed by atoms with van der Waals surface area (Å²) in [6.07, 6.45) is 0.586. The third-order valence-electron chi connectivity index (χ3n) is 3.75. The topological polar surface area (TPSA) is 110 Å². The number of benzene rings is 1. The molecular formula is C16H20N4O4. The molecule has 2 amide bonds. The first kappa shape index (κ1) is 17.5. The highest BCUT2D eigenvalue weighted by atomic mass is 16.6. The van der Waals surface area contributed by atoms with Crippen molar-refractivity contribution in [3.05, 3.63) is 50.9 Å². The minimum absolute atomic E-state index is 0.0698. The molecule has 1 atom stereocenters. The predicted octanol–water partition coefficient (Wildman–Crippen LogP) is 3.26. The molecule has 1 heterocycles. The Morgan fingerprint density at radius 3 is 2.67 bits per heavy atom. The highest BCUT2D eigenvalue weighted by Gasteiger charge is 2.16. The number of non-ortho nitro benzene ring substituents is 1. The first-order valence-corrected chi connectivity index (χ1v) is 7.52. The fourth-order valence-corrected chi connectivity index (χ4v) is 2.39. The van der Waals surface area contributed by atoms with Gasteiger partial charge in [-0.1, -0.05) is 11.2 Å². The van der Waals surface area contributed by atoms with Crippen molar-refractivity contribution in [3.63, 3.8) is 0 Å². The van der Waals surface area contributed by atoms with Gasteiger partial charge in [0.05, 0.1) is 16.3 Å². The van der Waals surface area contributed by atoms with Crippen LogP contribution in [-0.2, 0) is 6.42 Å². The van der Waals surface area contributed by atoms with Crippen LogP contribution in [0.4, 0.5) is 16.2 Å². The van der Waals surface area contributed by atoms with Gasteiger partial charge in [0.15, 0.2) is 0 Å². The molecule has 1 aromatic carbocycles. The third kappa shape index (κ3) is 4.09. The molecule has 8 nitrogen and oxygen atoms in total. The molecule has 0 radical (unpaired) electrons. The van der Waals surface area contributed by atoms with Gasteiger partial charge in [0.2, 0.25) is 0 Å². The quantitative estimate of drug-likeness (QED) is 0.645. The van der Waals surface area contributed by atoms with E-state index >= 15 is 0 Å². The van der Waals surface area contributed by atoms with Crippen molar-refractivity contribution in [2.24, 2.45) is 0 Å². The van der Waals surface area contributed by atoms with Crippen LogP contribution in [0, 0.1) is 30.9 Å². The first-order valence-electron chi connectivity index (χ1n) is 7.52. The van der Waals surface area contributed by atoms with Crippen molar-refractivity contribution < 1.29 is 14.2 Å². The molecule has 0 aliphatic rings. The average Bonchev–Trinajstić information content (AvgIpc) is 2.81. The number of anilines is 1. The van der Waals surface area contributed by atoms with Crippen LogP contribution in [0.1, 0.15) is 29.5 Å². The lowest BCUT2D eigenvalue weighted by atomic mass is 10.1. The number of carbonyl (C=O) groups is 1. The van der Waals surface area contributed by atoms with Crippen LogP contribution >= 0.6 is 0 Å². The fourth-order valence-electron chi connectivity index (χ4n) is 2.39. The van der Waals surface area contributed by atoms with Gasteiger partial charge in [-0.2, -0.15) is 0 Å². The summed E-state index contributed by atoms with van der Waals surface area (Å²) >= 11 is 0. The van der Waals surface area contributed by atoms with Gasteiger partial charge in [0.1, 0.15) is 5.76 Å². The molecule has 0 aliphatic carbocycles. The number of aromatic nitrogens is 1. The number of carbonyl (C=O) groups excluding carboxylic acids is 1. The molecule has 0 unspecified atom stereocenters. The van der Waals surface area contributed by atoms with E-state index in [1.807, 2.05) is 20.8 Å². The first-order chi connectivity index (χ1) is 11.3. The smallest absolute Gasteiger partial charge is 0.319 e. The van der Waals surface area contributed by atoms with Crippen molar-refractivity contribution >= 4 is 17.4 Å². The summed E-state index contributed by atoms with van der Waals surface area (Å²) in [6.45, 7) is 7.32. The summed E-state index contributed by atoms with van der Waals surface area (Å²) in [4.78, 5) is 22.5. The Labute approximate surface area is 139 Å². The Morgan fingerprint density at radius 1 is 1.38 bits per heavy atom. The van der Waals surface area contributed by atoms with Crippen LogP contribution in [0.25, 0.3) is 0 Å². The second-order valence-corrected chi connectivity index (χ2v) is 5.76. The molecule has 2 N–H and O–H groups in total. The van der Waals surface area contributed by atoms with Crippen molar-refractivity contribution in [2.45, 2.75) is 40.2 Å². The van der Waals surface area contributed by atoms with E-state index in [1.165, 1.54) is 12.1 Å². The number of hydrogen-bond acceptors (Lipinski definition) is 5. The van der Waals surface area contributed by atoms with E-state index in [1.54, 1.807) is 13.0 Å². The minimum Gasteiger partial charge on any atom is -0.361 e. The molecule has 24 heavy (non-hydrogen) atoms. The molecule has 0 fully saturated rings. The van der Waals surface area contributed by atoms with Crippen LogP contribution in [-0.4, -0.2) is 22.2 Å². The molecule has 1 aromatic heterocycles. The Morgan fingerprint density at radius 2 is 2.08 bits per heavy atom. The van der Waals surface area contributed by atoms with E-state index < -0.39 is 11.0 Å². The summed E-state index contributed by atoms with van der Waals surface area (Å²) in [5.74, 6) is 0.732. The molecule has 0 saturated heterocycles. The maximum atomic E-state index is 12.1. The largest absolute Gasteiger partial charge is 0.361 e. The number of nitrogens with zero attached hydrogens (tertiary/aromatic N) is 2.